The van der Waals surface area contributed by atoms with Crippen LogP contribution in [0.2, 0.25) is 0 Å². The standard InChI is InChI=1S/C17H23N3O4/c1-12-8-16(20(2)19-12)17(22)18-9-14(21)11-24-10-13-4-6-15(23-3)7-5-13/h4-8,14,21H,9-11H2,1-3H3,(H,18,22). The number of aliphatic hydroxyl groups is 1. The summed E-state index contributed by atoms with van der Waals surface area (Å²) in [6.45, 7) is 2.46. The molecule has 7 nitrogen and oxygen atoms in total. The molecule has 2 N–H and O–H groups in total. The van der Waals surface area contributed by atoms with Gasteiger partial charge in [0, 0.05) is 13.6 Å². The zero-order chi connectivity index (χ0) is 17.5. The molecule has 0 bridgehead atoms. The fourth-order valence-corrected chi connectivity index (χ4v) is 2.22. The summed E-state index contributed by atoms with van der Waals surface area (Å²) in [7, 11) is 3.32. The summed E-state index contributed by atoms with van der Waals surface area (Å²) in [4.78, 5) is 12.0. The van der Waals surface area contributed by atoms with E-state index in [1.165, 1.54) is 4.68 Å². The first-order valence-electron chi connectivity index (χ1n) is 7.67. The van der Waals surface area contributed by atoms with Gasteiger partial charge in [-0.05, 0) is 30.7 Å². The predicted molar refractivity (Wildman–Crippen MR) is 88.9 cm³/mol. The van der Waals surface area contributed by atoms with Crippen molar-refractivity contribution < 1.29 is 19.4 Å². The number of hydrogen-bond donors (Lipinski definition) is 2. The first-order valence-corrected chi connectivity index (χ1v) is 7.67. The smallest absolute Gasteiger partial charge is 0.269 e. The van der Waals surface area contributed by atoms with Crippen LogP contribution in [0, 0.1) is 6.92 Å². The number of amides is 1. The molecule has 0 spiro atoms. The zero-order valence-electron chi connectivity index (χ0n) is 14.2. The van der Waals surface area contributed by atoms with Gasteiger partial charge in [0.2, 0.25) is 0 Å². The van der Waals surface area contributed by atoms with E-state index in [2.05, 4.69) is 10.4 Å². The van der Waals surface area contributed by atoms with Crippen LogP contribution in [-0.2, 0) is 18.4 Å². The number of nitrogens with one attached hydrogen (secondary N) is 1. The molecule has 2 aromatic rings. The second-order valence-electron chi connectivity index (χ2n) is 5.52. The van der Waals surface area contributed by atoms with Gasteiger partial charge in [0.15, 0.2) is 0 Å². The lowest BCUT2D eigenvalue weighted by Gasteiger charge is -2.12. The number of nitrogens with zero attached hydrogens (tertiary/aromatic N) is 2. The minimum atomic E-state index is -0.776. The maximum Gasteiger partial charge on any atom is 0.269 e. The maximum absolute atomic E-state index is 12.0. The van der Waals surface area contributed by atoms with Gasteiger partial charge < -0.3 is 19.9 Å². The maximum atomic E-state index is 12.0. The minimum Gasteiger partial charge on any atom is -0.497 e. The average molecular weight is 333 g/mol. The van der Waals surface area contributed by atoms with Crippen LogP contribution in [0.15, 0.2) is 30.3 Å². The first-order chi connectivity index (χ1) is 11.5. The van der Waals surface area contributed by atoms with Crippen LogP contribution >= 0.6 is 0 Å². The molecule has 0 aliphatic carbocycles. The Hall–Kier alpha value is -2.38. The summed E-state index contributed by atoms with van der Waals surface area (Å²) in [5, 5.41) is 16.7. The number of methoxy groups -OCH3 is 1. The van der Waals surface area contributed by atoms with Gasteiger partial charge in [0.05, 0.1) is 32.1 Å². The van der Waals surface area contributed by atoms with Crippen molar-refractivity contribution in [2.75, 3.05) is 20.3 Å². The van der Waals surface area contributed by atoms with E-state index in [-0.39, 0.29) is 19.1 Å². The van der Waals surface area contributed by atoms with E-state index >= 15 is 0 Å². The highest BCUT2D eigenvalue weighted by Gasteiger charge is 2.13. The quantitative estimate of drug-likeness (QED) is 0.754. The number of aromatic nitrogens is 2. The van der Waals surface area contributed by atoms with Crippen LogP contribution in [0.1, 0.15) is 21.7 Å². The number of benzene rings is 1. The van der Waals surface area contributed by atoms with Crippen molar-refractivity contribution in [1.29, 1.82) is 0 Å². The summed E-state index contributed by atoms with van der Waals surface area (Å²) < 4.78 is 12.1. The molecule has 2 rings (SSSR count). The van der Waals surface area contributed by atoms with E-state index in [0.29, 0.717) is 12.3 Å². The molecule has 1 atom stereocenters. The van der Waals surface area contributed by atoms with Gasteiger partial charge in [0.25, 0.3) is 5.91 Å². The SMILES string of the molecule is COc1ccc(COCC(O)CNC(=O)c2cc(C)nn2C)cc1. The molecule has 1 aromatic carbocycles. The molecule has 0 fully saturated rings. The van der Waals surface area contributed by atoms with Gasteiger partial charge in [-0.25, -0.2) is 0 Å². The molecule has 1 amide bonds. The lowest BCUT2D eigenvalue weighted by molar-refractivity contribution is 0.0284. The van der Waals surface area contributed by atoms with Crippen molar-refractivity contribution in [3.63, 3.8) is 0 Å². The van der Waals surface area contributed by atoms with Crippen LogP contribution in [0.3, 0.4) is 0 Å². The van der Waals surface area contributed by atoms with E-state index in [1.54, 1.807) is 20.2 Å². The molecule has 1 unspecified atom stereocenters. The molecule has 0 saturated heterocycles. The number of aryl methyl sites for hydroxylation is 2. The Balaban J connectivity index is 1.70. The molecule has 0 aliphatic rings. The highest BCUT2D eigenvalue weighted by molar-refractivity contribution is 5.92. The van der Waals surface area contributed by atoms with Crippen molar-refractivity contribution in [3.05, 3.63) is 47.3 Å². The van der Waals surface area contributed by atoms with Crippen LogP contribution in [0.4, 0.5) is 0 Å². The number of aliphatic hydroxyl groups excluding tert-OH is 1. The summed E-state index contributed by atoms with van der Waals surface area (Å²) >= 11 is 0. The monoisotopic (exact) mass is 333 g/mol. The Morgan fingerprint density at radius 1 is 1.38 bits per heavy atom. The Morgan fingerprint density at radius 3 is 2.67 bits per heavy atom. The third-order valence-corrected chi connectivity index (χ3v) is 3.47. The molecule has 1 heterocycles. The second kappa shape index (κ2) is 8.47. The number of carbonyl (C=O) groups is 1. The molecule has 1 aromatic heterocycles. The fourth-order valence-electron chi connectivity index (χ4n) is 2.22. The lowest BCUT2D eigenvalue weighted by atomic mass is 10.2. The largest absolute Gasteiger partial charge is 0.497 e. The summed E-state index contributed by atoms with van der Waals surface area (Å²) in [5.74, 6) is 0.513. The average Bonchev–Trinajstić information content (AvgIpc) is 2.92. The highest BCUT2D eigenvalue weighted by Crippen LogP contribution is 2.12. The van der Waals surface area contributed by atoms with Crippen molar-refractivity contribution in [2.24, 2.45) is 7.05 Å². The number of rotatable bonds is 8. The normalized spacial score (nSPS) is 12.0. The first kappa shape index (κ1) is 18.0. The summed E-state index contributed by atoms with van der Waals surface area (Å²) in [6, 6.07) is 9.20. The van der Waals surface area contributed by atoms with E-state index in [4.69, 9.17) is 9.47 Å². The minimum absolute atomic E-state index is 0.117. The summed E-state index contributed by atoms with van der Waals surface area (Å²) in [5.41, 5.74) is 2.21. The molecular formula is C17H23N3O4. The number of ether oxygens (including phenoxy) is 2. The van der Waals surface area contributed by atoms with Gasteiger partial charge >= 0.3 is 0 Å². The van der Waals surface area contributed by atoms with Gasteiger partial charge in [-0.15, -0.1) is 0 Å². The van der Waals surface area contributed by atoms with E-state index in [1.807, 2.05) is 31.2 Å². The fraction of sp³-hybridized carbons (Fsp3) is 0.412. The highest BCUT2D eigenvalue weighted by atomic mass is 16.5. The molecule has 0 aliphatic heterocycles. The van der Waals surface area contributed by atoms with Gasteiger partial charge in [-0.2, -0.15) is 5.10 Å². The predicted octanol–water partition coefficient (Wildman–Crippen LogP) is 1.04. The molecule has 7 heteroatoms. The van der Waals surface area contributed by atoms with Crippen molar-refractivity contribution in [3.8, 4) is 5.75 Å². The number of carbonyl (C=O) groups excluding carboxylic acids is 1. The molecule has 24 heavy (non-hydrogen) atoms. The van der Waals surface area contributed by atoms with Gasteiger partial charge in [-0.3, -0.25) is 9.48 Å². The van der Waals surface area contributed by atoms with Gasteiger partial charge in [0.1, 0.15) is 11.4 Å². The van der Waals surface area contributed by atoms with Crippen LogP contribution in [-0.4, -0.2) is 47.2 Å². The van der Waals surface area contributed by atoms with Crippen molar-refractivity contribution in [1.82, 2.24) is 15.1 Å². The zero-order valence-corrected chi connectivity index (χ0v) is 14.2. The number of hydrogen-bond acceptors (Lipinski definition) is 5. The summed E-state index contributed by atoms with van der Waals surface area (Å²) in [6.07, 6.45) is -0.776. The second-order valence-corrected chi connectivity index (χ2v) is 5.52. The molecule has 0 saturated carbocycles. The third-order valence-electron chi connectivity index (χ3n) is 3.47. The van der Waals surface area contributed by atoms with Crippen LogP contribution in [0.5, 0.6) is 5.75 Å². The molecule has 130 valence electrons. The van der Waals surface area contributed by atoms with Gasteiger partial charge in [-0.1, -0.05) is 12.1 Å². The molecular weight excluding hydrogens is 310 g/mol. The van der Waals surface area contributed by atoms with Crippen LogP contribution in [0.25, 0.3) is 0 Å². The Bertz CT molecular complexity index is 667. The van der Waals surface area contributed by atoms with Crippen molar-refractivity contribution >= 4 is 5.91 Å². The topological polar surface area (TPSA) is 85.6 Å². The van der Waals surface area contributed by atoms with Crippen LogP contribution < -0.4 is 10.1 Å². The Labute approximate surface area is 141 Å². The van der Waals surface area contributed by atoms with E-state index in [0.717, 1.165) is 17.0 Å². The Morgan fingerprint density at radius 2 is 2.08 bits per heavy atom. The van der Waals surface area contributed by atoms with E-state index < -0.39 is 6.10 Å². The van der Waals surface area contributed by atoms with Crippen molar-refractivity contribution in [2.45, 2.75) is 19.6 Å². The van der Waals surface area contributed by atoms with E-state index in [9.17, 15) is 9.90 Å². The molecule has 0 radical (unpaired) electrons. The lowest BCUT2D eigenvalue weighted by Crippen LogP contribution is -2.35. The Kier molecular flexibility index (Phi) is 6.34. The third kappa shape index (κ3) is 5.07.